The first-order valence-electron chi connectivity index (χ1n) is 13.5. The van der Waals surface area contributed by atoms with Crippen molar-refractivity contribution in [2.24, 2.45) is 0 Å². The highest BCUT2D eigenvalue weighted by Gasteiger charge is 2.34. The molecule has 1 N–H and O–H groups in total. The Morgan fingerprint density at radius 1 is 0.950 bits per heavy atom. The molecule has 1 aliphatic carbocycles. The summed E-state index contributed by atoms with van der Waals surface area (Å²) < 4.78 is 27.6. The van der Waals surface area contributed by atoms with Gasteiger partial charge in [-0.3, -0.25) is 13.9 Å². The minimum atomic E-state index is -3.79. The van der Waals surface area contributed by atoms with Gasteiger partial charge in [0, 0.05) is 23.5 Å². The van der Waals surface area contributed by atoms with Crippen molar-refractivity contribution < 1.29 is 18.0 Å². The van der Waals surface area contributed by atoms with Gasteiger partial charge in [-0.2, -0.15) is 0 Å². The minimum absolute atomic E-state index is 0.0801. The largest absolute Gasteiger partial charge is 0.352 e. The standard InChI is InChI=1S/C31H36BrN3O4S/c1-23-10-6-7-13-25(23)21-34(30(36)22-35(40(2,38)39)28-18-16-26(32)17-19-28)29(20-24-11-4-3-5-12-24)31(37)33-27-14-8-9-15-27/h3-7,10-13,16-19,27,29H,8-9,14-15,20-22H2,1-2H3,(H,33,37)/t29-/m1/s1. The van der Waals surface area contributed by atoms with E-state index in [4.69, 9.17) is 0 Å². The van der Waals surface area contributed by atoms with Crippen molar-refractivity contribution in [3.05, 3.63) is 100 Å². The molecule has 1 saturated carbocycles. The Morgan fingerprint density at radius 3 is 2.20 bits per heavy atom. The van der Waals surface area contributed by atoms with Crippen LogP contribution < -0.4 is 9.62 Å². The summed E-state index contributed by atoms with van der Waals surface area (Å²) in [6.07, 6.45) is 5.37. The van der Waals surface area contributed by atoms with E-state index >= 15 is 0 Å². The molecule has 4 rings (SSSR count). The number of benzene rings is 3. The van der Waals surface area contributed by atoms with Gasteiger partial charge in [0.25, 0.3) is 0 Å². The van der Waals surface area contributed by atoms with Gasteiger partial charge in [-0.1, -0.05) is 83.4 Å². The first kappa shape index (κ1) is 29.8. The molecule has 9 heteroatoms. The van der Waals surface area contributed by atoms with Gasteiger partial charge >= 0.3 is 0 Å². The van der Waals surface area contributed by atoms with Crippen molar-refractivity contribution in [3.8, 4) is 0 Å². The van der Waals surface area contributed by atoms with Crippen LogP contribution in [0.15, 0.2) is 83.3 Å². The molecule has 0 radical (unpaired) electrons. The maximum atomic E-state index is 14.2. The summed E-state index contributed by atoms with van der Waals surface area (Å²) in [5.41, 5.74) is 3.19. The first-order valence-corrected chi connectivity index (χ1v) is 16.2. The first-order chi connectivity index (χ1) is 19.1. The summed E-state index contributed by atoms with van der Waals surface area (Å²) in [4.78, 5) is 29.6. The number of halogens is 1. The van der Waals surface area contributed by atoms with E-state index in [1.54, 1.807) is 29.2 Å². The zero-order valence-corrected chi connectivity index (χ0v) is 25.3. The lowest BCUT2D eigenvalue weighted by molar-refractivity contribution is -0.140. The molecule has 40 heavy (non-hydrogen) atoms. The highest BCUT2D eigenvalue weighted by molar-refractivity contribution is 9.10. The Labute approximate surface area is 245 Å². The molecule has 0 aliphatic heterocycles. The van der Waals surface area contributed by atoms with E-state index in [0.717, 1.165) is 57.4 Å². The van der Waals surface area contributed by atoms with Crippen LogP contribution in [0.1, 0.15) is 42.4 Å². The second-order valence-electron chi connectivity index (χ2n) is 10.4. The van der Waals surface area contributed by atoms with Crippen molar-refractivity contribution in [2.75, 3.05) is 17.1 Å². The monoisotopic (exact) mass is 625 g/mol. The Bertz CT molecular complexity index is 1410. The number of hydrogen-bond acceptors (Lipinski definition) is 4. The number of aryl methyl sites for hydroxylation is 1. The number of carbonyl (C=O) groups excluding carboxylic acids is 2. The Hall–Kier alpha value is -3.17. The average molecular weight is 627 g/mol. The summed E-state index contributed by atoms with van der Waals surface area (Å²) >= 11 is 3.38. The van der Waals surface area contributed by atoms with Crippen LogP contribution in [0.4, 0.5) is 5.69 Å². The Morgan fingerprint density at radius 2 is 1.57 bits per heavy atom. The topological polar surface area (TPSA) is 86.8 Å². The molecule has 2 amide bonds. The lowest BCUT2D eigenvalue weighted by Gasteiger charge is -2.34. The summed E-state index contributed by atoms with van der Waals surface area (Å²) in [5.74, 6) is -0.661. The van der Waals surface area contributed by atoms with Crippen molar-refractivity contribution >= 4 is 43.5 Å². The van der Waals surface area contributed by atoms with Gasteiger partial charge in [-0.15, -0.1) is 0 Å². The second-order valence-corrected chi connectivity index (χ2v) is 13.2. The van der Waals surface area contributed by atoms with Crippen molar-refractivity contribution in [1.29, 1.82) is 0 Å². The van der Waals surface area contributed by atoms with E-state index in [0.29, 0.717) is 12.1 Å². The van der Waals surface area contributed by atoms with Gasteiger partial charge < -0.3 is 10.2 Å². The normalized spacial score (nSPS) is 14.5. The smallest absolute Gasteiger partial charge is 0.244 e. The van der Waals surface area contributed by atoms with E-state index in [-0.39, 0.29) is 18.5 Å². The van der Waals surface area contributed by atoms with E-state index in [1.807, 2.05) is 61.5 Å². The summed E-state index contributed by atoms with van der Waals surface area (Å²) in [6.45, 7) is 1.72. The molecule has 0 bridgehead atoms. The van der Waals surface area contributed by atoms with Crippen molar-refractivity contribution in [2.45, 2.75) is 57.7 Å². The number of amides is 2. The summed E-state index contributed by atoms with van der Waals surface area (Å²) in [7, 11) is -3.79. The van der Waals surface area contributed by atoms with Gasteiger partial charge in [0.15, 0.2) is 0 Å². The highest BCUT2D eigenvalue weighted by atomic mass is 79.9. The lowest BCUT2D eigenvalue weighted by Crippen LogP contribution is -2.54. The number of nitrogens with zero attached hydrogens (tertiary/aromatic N) is 2. The molecule has 1 aliphatic rings. The van der Waals surface area contributed by atoms with E-state index < -0.39 is 28.5 Å². The van der Waals surface area contributed by atoms with Crippen molar-refractivity contribution in [1.82, 2.24) is 10.2 Å². The van der Waals surface area contributed by atoms with Gasteiger partial charge in [0.05, 0.1) is 11.9 Å². The third-order valence-electron chi connectivity index (χ3n) is 7.37. The molecule has 0 heterocycles. The molecule has 0 aromatic heterocycles. The molecule has 0 saturated heterocycles. The maximum Gasteiger partial charge on any atom is 0.244 e. The molecular weight excluding hydrogens is 590 g/mol. The summed E-state index contributed by atoms with van der Waals surface area (Å²) in [5, 5.41) is 3.19. The fourth-order valence-corrected chi connectivity index (χ4v) is 6.23. The zero-order chi connectivity index (χ0) is 28.7. The number of carbonyl (C=O) groups is 2. The third kappa shape index (κ3) is 7.95. The lowest BCUT2D eigenvalue weighted by atomic mass is 10.0. The van der Waals surface area contributed by atoms with Gasteiger partial charge in [-0.25, -0.2) is 8.42 Å². The Kier molecular flexibility index (Phi) is 10.0. The maximum absolute atomic E-state index is 14.2. The van der Waals surface area contributed by atoms with Crippen LogP contribution in [0.3, 0.4) is 0 Å². The quantitative estimate of drug-likeness (QED) is 0.316. The highest BCUT2D eigenvalue weighted by Crippen LogP contribution is 2.24. The SMILES string of the molecule is Cc1ccccc1CN(C(=O)CN(c1ccc(Br)cc1)S(C)(=O)=O)[C@H](Cc1ccccc1)C(=O)NC1CCCC1. The fourth-order valence-electron chi connectivity index (χ4n) is 5.11. The van der Waals surface area contributed by atoms with E-state index in [1.165, 1.54) is 0 Å². The van der Waals surface area contributed by atoms with Crippen LogP contribution in [0.2, 0.25) is 0 Å². The predicted molar refractivity (Wildman–Crippen MR) is 162 cm³/mol. The third-order valence-corrected chi connectivity index (χ3v) is 9.04. The molecule has 3 aromatic carbocycles. The number of rotatable bonds is 11. The number of hydrogen-bond donors (Lipinski definition) is 1. The van der Waals surface area contributed by atoms with Gasteiger partial charge in [0.1, 0.15) is 12.6 Å². The molecule has 0 unspecified atom stereocenters. The number of nitrogens with one attached hydrogen (secondary N) is 1. The van der Waals surface area contributed by atoms with Crippen LogP contribution in [0.25, 0.3) is 0 Å². The zero-order valence-electron chi connectivity index (χ0n) is 22.9. The average Bonchev–Trinajstić information content (AvgIpc) is 3.44. The molecular formula is C31H36BrN3O4S. The van der Waals surface area contributed by atoms with Crippen LogP contribution in [-0.2, 0) is 32.6 Å². The Balaban J connectivity index is 1.72. The van der Waals surface area contributed by atoms with E-state index in [2.05, 4.69) is 21.2 Å². The van der Waals surface area contributed by atoms with Crippen LogP contribution >= 0.6 is 15.9 Å². The van der Waals surface area contributed by atoms with Crippen LogP contribution in [-0.4, -0.2) is 50.0 Å². The second kappa shape index (κ2) is 13.5. The molecule has 1 fully saturated rings. The van der Waals surface area contributed by atoms with Crippen LogP contribution in [0.5, 0.6) is 0 Å². The predicted octanol–water partition coefficient (Wildman–Crippen LogP) is 5.22. The molecule has 0 spiro atoms. The van der Waals surface area contributed by atoms with E-state index in [9.17, 15) is 18.0 Å². The fraction of sp³-hybridized carbons (Fsp3) is 0.355. The number of anilines is 1. The number of sulfonamides is 1. The van der Waals surface area contributed by atoms with Gasteiger partial charge in [-0.05, 0) is 60.7 Å². The summed E-state index contributed by atoms with van der Waals surface area (Å²) in [6, 6.07) is 23.4. The van der Waals surface area contributed by atoms with Gasteiger partial charge in [0.2, 0.25) is 21.8 Å². The minimum Gasteiger partial charge on any atom is -0.352 e. The molecule has 1 atom stereocenters. The molecule has 7 nitrogen and oxygen atoms in total. The molecule has 3 aromatic rings. The van der Waals surface area contributed by atoms with Crippen molar-refractivity contribution in [3.63, 3.8) is 0 Å². The van der Waals surface area contributed by atoms with Crippen LogP contribution in [0, 0.1) is 6.92 Å². The molecule has 212 valence electrons.